The van der Waals surface area contributed by atoms with Crippen LogP contribution in [0.3, 0.4) is 0 Å². The van der Waals surface area contributed by atoms with E-state index < -0.39 is 0 Å². The molecule has 1 amide bonds. The molecule has 3 nitrogen and oxygen atoms in total. The van der Waals surface area contributed by atoms with Gasteiger partial charge in [0.05, 0.1) is 0 Å². The molecule has 0 radical (unpaired) electrons. The van der Waals surface area contributed by atoms with E-state index >= 15 is 0 Å². The molecule has 1 aromatic rings. The van der Waals surface area contributed by atoms with Gasteiger partial charge in [-0.15, -0.1) is 0 Å². The van der Waals surface area contributed by atoms with Crippen molar-refractivity contribution in [3.05, 3.63) is 35.9 Å². The third-order valence-electron chi connectivity index (χ3n) is 4.40. The van der Waals surface area contributed by atoms with Gasteiger partial charge in [0.2, 0.25) is 5.91 Å². The fourth-order valence-corrected chi connectivity index (χ4v) is 2.94. The standard InChI is InChI=1S/C17H26N2O/c1-13(2)16(14-7-5-4-6-8-14)11-17(20)19(3)15-9-10-18-12-15/h4-8,13,15-16,18H,9-12H2,1-3H3. The lowest BCUT2D eigenvalue weighted by Crippen LogP contribution is -2.39. The Morgan fingerprint density at radius 3 is 2.60 bits per heavy atom. The van der Waals surface area contributed by atoms with Crippen LogP contribution in [0.25, 0.3) is 0 Å². The second-order valence-electron chi connectivity index (χ2n) is 6.12. The summed E-state index contributed by atoms with van der Waals surface area (Å²) in [7, 11) is 1.95. The molecule has 0 bridgehead atoms. The number of nitrogens with one attached hydrogen (secondary N) is 1. The molecule has 2 unspecified atom stereocenters. The van der Waals surface area contributed by atoms with Crippen molar-refractivity contribution in [1.82, 2.24) is 10.2 Å². The number of carbonyl (C=O) groups is 1. The number of nitrogens with zero attached hydrogens (tertiary/aromatic N) is 1. The second-order valence-corrected chi connectivity index (χ2v) is 6.12. The Kier molecular flexibility index (Phi) is 5.18. The van der Waals surface area contributed by atoms with Gasteiger partial charge in [-0.05, 0) is 30.4 Å². The monoisotopic (exact) mass is 274 g/mol. The SMILES string of the molecule is CC(C)C(CC(=O)N(C)C1CCNC1)c1ccccc1. The molecule has 2 rings (SSSR count). The van der Waals surface area contributed by atoms with Crippen LogP contribution < -0.4 is 5.32 Å². The molecule has 0 spiro atoms. The highest BCUT2D eigenvalue weighted by Gasteiger charge is 2.26. The van der Waals surface area contributed by atoms with Crippen LogP contribution in [0.4, 0.5) is 0 Å². The lowest BCUT2D eigenvalue weighted by molar-refractivity contribution is -0.132. The molecule has 1 heterocycles. The van der Waals surface area contributed by atoms with Gasteiger partial charge in [0.25, 0.3) is 0 Å². The van der Waals surface area contributed by atoms with Crippen LogP contribution in [-0.4, -0.2) is 37.0 Å². The van der Waals surface area contributed by atoms with Crippen LogP contribution >= 0.6 is 0 Å². The van der Waals surface area contributed by atoms with Crippen molar-refractivity contribution in [3.63, 3.8) is 0 Å². The topological polar surface area (TPSA) is 32.3 Å². The summed E-state index contributed by atoms with van der Waals surface area (Å²) in [5, 5.41) is 3.32. The van der Waals surface area contributed by atoms with Crippen LogP contribution in [0.2, 0.25) is 0 Å². The van der Waals surface area contributed by atoms with E-state index in [2.05, 4.69) is 43.4 Å². The minimum atomic E-state index is 0.265. The fraction of sp³-hybridized carbons (Fsp3) is 0.588. The van der Waals surface area contributed by atoms with Gasteiger partial charge in [-0.3, -0.25) is 4.79 Å². The highest BCUT2D eigenvalue weighted by molar-refractivity contribution is 5.77. The van der Waals surface area contributed by atoms with Gasteiger partial charge in [-0.25, -0.2) is 0 Å². The van der Waals surface area contributed by atoms with Crippen LogP contribution in [0.15, 0.2) is 30.3 Å². The number of hydrogen-bond acceptors (Lipinski definition) is 2. The Morgan fingerprint density at radius 2 is 2.05 bits per heavy atom. The first-order chi connectivity index (χ1) is 9.59. The summed E-state index contributed by atoms with van der Waals surface area (Å²) in [6.45, 7) is 6.35. The molecule has 0 saturated carbocycles. The smallest absolute Gasteiger partial charge is 0.223 e. The number of amides is 1. The maximum atomic E-state index is 12.5. The van der Waals surface area contributed by atoms with E-state index in [0.29, 0.717) is 24.3 Å². The van der Waals surface area contributed by atoms with E-state index in [1.807, 2.05) is 18.0 Å². The first-order valence-corrected chi connectivity index (χ1v) is 7.61. The summed E-state index contributed by atoms with van der Waals surface area (Å²) in [5.41, 5.74) is 1.27. The van der Waals surface area contributed by atoms with Crippen LogP contribution in [0, 0.1) is 5.92 Å². The van der Waals surface area contributed by atoms with Gasteiger partial charge in [0, 0.05) is 26.1 Å². The number of likely N-dealkylation sites (N-methyl/N-ethyl adjacent to an activating group) is 1. The van der Waals surface area contributed by atoms with E-state index in [9.17, 15) is 4.79 Å². The van der Waals surface area contributed by atoms with E-state index in [0.717, 1.165) is 19.5 Å². The zero-order valence-corrected chi connectivity index (χ0v) is 12.8. The zero-order valence-electron chi connectivity index (χ0n) is 12.8. The van der Waals surface area contributed by atoms with Gasteiger partial charge in [0.15, 0.2) is 0 Å². The second kappa shape index (κ2) is 6.89. The summed E-state index contributed by atoms with van der Waals surface area (Å²) in [4.78, 5) is 14.5. The normalized spacial score (nSPS) is 20.1. The zero-order chi connectivity index (χ0) is 14.5. The third kappa shape index (κ3) is 3.60. The molecule has 0 aliphatic carbocycles. The molecule has 1 saturated heterocycles. The van der Waals surface area contributed by atoms with Gasteiger partial charge >= 0.3 is 0 Å². The Hall–Kier alpha value is -1.35. The van der Waals surface area contributed by atoms with E-state index in [1.165, 1.54) is 5.56 Å². The molecule has 110 valence electrons. The molecular weight excluding hydrogens is 248 g/mol. The maximum Gasteiger partial charge on any atom is 0.223 e. The van der Waals surface area contributed by atoms with Crippen molar-refractivity contribution in [2.45, 2.75) is 38.6 Å². The van der Waals surface area contributed by atoms with Gasteiger partial charge in [0.1, 0.15) is 0 Å². The molecule has 1 aromatic carbocycles. The molecule has 2 atom stereocenters. The summed E-state index contributed by atoms with van der Waals surface area (Å²) >= 11 is 0. The summed E-state index contributed by atoms with van der Waals surface area (Å²) in [6, 6.07) is 10.8. The quantitative estimate of drug-likeness (QED) is 0.895. The van der Waals surface area contributed by atoms with E-state index in [1.54, 1.807) is 0 Å². The van der Waals surface area contributed by atoms with E-state index in [-0.39, 0.29) is 5.91 Å². The van der Waals surface area contributed by atoms with Crippen LogP contribution in [0.1, 0.15) is 38.2 Å². The largest absolute Gasteiger partial charge is 0.341 e. The first kappa shape index (κ1) is 15.0. The molecule has 1 aliphatic rings. The molecule has 1 aliphatic heterocycles. The summed E-state index contributed by atoms with van der Waals surface area (Å²) < 4.78 is 0. The minimum Gasteiger partial charge on any atom is -0.341 e. The third-order valence-corrected chi connectivity index (χ3v) is 4.40. The van der Waals surface area contributed by atoms with E-state index in [4.69, 9.17) is 0 Å². The van der Waals surface area contributed by atoms with Crippen molar-refractivity contribution in [3.8, 4) is 0 Å². The Morgan fingerprint density at radius 1 is 1.35 bits per heavy atom. The van der Waals surface area contributed by atoms with Crippen LogP contribution in [-0.2, 0) is 4.79 Å². The predicted molar refractivity (Wildman–Crippen MR) is 82.7 cm³/mol. The number of benzene rings is 1. The fourth-order valence-electron chi connectivity index (χ4n) is 2.94. The Labute approximate surface area is 122 Å². The average Bonchev–Trinajstić information content (AvgIpc) is 2.98. The number of rotatable bonds is 5. The van der Waals surface area contributed by atoms with Crippen molar-refractivity contribution >= 4 is 5.91 Å². The Bertz CT molecular complexity index is 424. The highest BCUT2D eigenvalue weighted by atomic mass is 16.2. The summed E-state index contributed by atoms with van der Waals surface area (Å²) in [5.74, 6) is 1.04. The molecule has 20 heavy (non-hydrogen) atoms. The number of carbonyl (C=O) groups excluding carboxylic acids is 1. The van der Waals surface area contributed by atoms with Gasteiger partial charge in [-0.1, -0.05) is 44.2 Å². The highest BCUT2D eigenvalue weighted by Crippen LogP contribution is 2.28. The molecule has 0 aromatic heterocycles. The first-order valence-electron chi connectivity index (χ1n) is 7.61. The van der Waals surface area contributed by atoms with Crippen molar-refractivity contribution in [1.29, 1.82) is 0 Å². The lowest BCUT2D eigenvalue weighted by Gasteiger charge is -2.28. The minimum absolute atomic E-state index is 0.265. The molecule has 1 N–H and O–H groups in total. The molecule has 1 fully saturated rings. The van der Waals surface area contributed by atoms with Crippen LogP contribution in [0.5, 0.6) is 0 Å². The Balaban J connectivity index is 2.02. The van der Waals surface area contributed by atoms with Gasteiger partial charge < -0.3 is 10.2 Å². The number of hydrogen-bond donors (Lipinski definition) is 1. The maximum absolute atomic E-state index is 12.5. The molecular formula is C17H26N2O. The molecule has 3 heteroatoms. The van der Waals surface area contributed by atoms with Crippen molar-refractivity contribution in [2.24, 2.45) is 5.92 Å². The van der Waals surface area contributed by atoms with Crippen molar-refractivity contribution < 1.29 is 4.79 Å². The van der Waals surface area contributed by atoms with Crippen molar-refractivity contribution in [2.75, 3.05) is 20.1 Å². The summed E-state index contributed by atoms with van der Waals surface area (Å²) in [6.07, 6.45) is 1.68. The predicted octanol–water partition coefficient (Wildman–Crippen LogP) is 2.64. The van der Waals surface area contributed by atoms with Gasteiger partial charge in [-0.2, -0.15) is 0 Å². The average molecular weight is 274 g/mol. The lowest BCUT2D eigenvalue weighted by atomic mass is 9.85.